The molecule has 6 nitrogen and oxygen atoms in total. The number of thiazole rings is 1. The van der Waals surface area contributed by atoms with Crippen LogP contribution in [-0.4, -0.2) is 29.7 Å². The second kappa shape index (κ2) is 10.5. The van der Waals surface area contributed by atoms with Crippen LogP contribution in [0, 0.1) is 0 Å². The lowest BCUT2D eigenvalue weighted by Gasteiger charge is -2.08. The van der Waals surface area contributed by atoms with Crippen LogP contribution in [0.4, 0.5) is 24.5 Å². The van der Waals surface area contributed by atoms with Gasteiger partial charge in [-0.2, -0.15) is 13.2 Å². The molecule has 2 amide bonds. The molecule has 0 aliphatic rings. The van der Waals surface area contributed by atoms with E-state index in [1.807, 2.05) is 0 Å². The molecule has 1 aromatic heterocycles. The molecular weight excluding hydrogens is 463 g/mol. The summed E-state index contributed by atoms with van der Waals surface area (Å²) in [6.45, 7) is 0. The van der Waals surface area contributed by atoms with Crippen LogP contribution in [0.2, 0.25) is 0 Å². The highest BCUT2D eigenvalue weighted by atomic mass is 32.2. The van der Waals surface area contributed by atoms with Crippen molar-refractivity contribution in [3.8, 4) is 5.75 Å². The summed E-state index contributed by atoms with van der Waals surface area (Å²) in [6, 6.07) is 11.2. The van der Waals surface area contributed by atoms with Gasteiger partial charge in [-0.3, -0.25) is 9.59 Å². The fraction of sp³-hybridized carbons (Fsp3) is 0.190. The summed E-state index contributed by atoms with van der Waals surface area (Å²) in [5.41, 5.74) is 0.643. The van der Waals surface area contributed by atoms with Crippen LogP contribution in [0.25, 0.3) is 0 Å². The normalized spacial score (nSPS) is 11.1. The fourth-order valence-electron chi connectivity index (χ4n) is 2.55. The van der Waals surface area contributed by atoms with Crippen LogP contribution in [0.5, 0.6) is 5.75 Å². The maximum Gasteiger partial charge on any atom is 0.416 e. The number of carbonyl (C=O) groups excluding carboxylic acids is 2. The molecule has 0 atom stereocenters. The summed E-state index contributed by atoms with van der Waals surface area (Å²) in [7, 11) is 1.56. The van der Waals surface area contributed by atoms with Crippen molar-refractivity contribution >= 4 is 46.3 Å². The van der Waals surface area contributed by atoms with Gasteiger partial charge in [-0.15, -0.1) is 11.3 Å². The van der Waals surface area contributed by atoms with E-state index in [0.717, 1.165) is 12.1 Å². The Kier molecular flexibility index (Phi) is 7.75. The van der Waals surface area contributed by atoms with Crippen LogP contribution in [0.1, 0.15) is 11.3 Å². The summed E-state index contributed by atoms with van der Waals surface area (Å²) in [4.78, 5) is 28.5. The quantitative estimate of drug-likeness (QED) is 0.439. The van der Waals surface area contributed by atoms with E-state index in [2.05, 4.69) is 15.6 Å². The number of methoxy groups -OCH3 is 1. The van der Waals surface area contributed by atoms with Gasteiger partial charge in [0, 0.05) is 16.8 Å². The lowest BCUT2D eigenvalue weighted by Crippen LogP contribution is -2.15. The number of nitrogens with zero attached hydrogens (tertiary/aromatic N) is 1. The number of thioether (sulfide) groups is 1. The predicted octanol–water partition coefficient (Wildman–Crippen LogP) is 5.08. The lowest BCUT2D eigenvalue weighted by molar-refractivity contribution is -0.137. The Morgan fingerprint density at radius 1 is 1.00 bits per heavy atom. The highest BCUT2D eigenvalue weighted by Crippen LogP contribution is 2.30. The Morgan fingerprint density at radius 2 is 1.59 bits per heavy atom. The molecule has 0 spiro atoms. The minimum atomic E-state index is -4.43. The molecule has 1 heterocycles. The van der Waals surface area contributed by atoms with Gasteiger partial charge in [0.15, 0.2) is 4.34 Å². The minimum absolute atomic E-state index is 0.0316. The van der Waals surface area contributed by atoms with E-state index in [-0.39, 0.29) is 23.8 Å². The second-order valence-electron chi connectivity index (χ2n) is 6.47. The first kappa shape index (κ1) is 23.6. The van der Waals surface area contributed by atoms with Crippen molar-refractivity contribution in [1.29, 1.82) is 0 Å². The Morgan fingerprint density at radius 3 is 2.19 bits per heavy atom. The van der Waals surface area contributed by atoms with Crippen molar-refractivity contribution in [1.82, 2.24) is 4.98 Å². The van der Waals surface area contributed by atoms with E-state index in [4.69, 9.17) is 4.74 Å². The number of anilines is 2. The third-order valence-corrected chi connectivity index (χ3v) is 6.14. The van der Waals surface area contributed by atoms with Crippen molar-refractivity contribution in [3.05, 3.63) is 65.2 Å². The van der Waals surface area contributed by atoms with Gasteiger partial charge in [-0.05, 0) is 48.5 Å². The van der Waals surface area contributed by atoms with Gasteiger partial charge in [0.1, 0.15) is 5.75 Å². The van der Waals surface area contributed by atoms with Crippen LogP contribution in [-0.2, 0) is 22.2 Å². The number of nitrogens with one attached hydrogen (secondary N) is 2. The molecule has 0 bridgehead atoms. The number of alkyl halides is 3. The third kappa shape index (κ3) is 6.99. The molecule has 0 unspecified atom stereocenters. The average Bonchev–Trinajstić information content (AvgIpc) is 3.19. The maximum absolute atomic E-state index is 12.6. The van der Waals surface area contributed by atoms with Crippen molar-refractivity contribution in [2.45, 2.75) is 16.9 Å². The van der Waals surface area contributed by atoms with Gasteiger partial charge in [-0.25, -0.2) is 4.98 Å². The van der Waals surface area contributed by atoms with E-state index in [9.17, 15) is 22.8 Å². The zero-order chi connectivity index (χ0) is 23.1. The summed E-state index contributed by atoms with van der Waals surface area (Å²) in [5.74, 6) is 0.243. The molecule has 0 aliphatic carbocycles. The number of amides is 2. The summed E-state index contributed by atoms with van der Waals surface area (Å²) in [6.07, 6.45) is -4.46. The van der Waals surface area contributed by atoms with E-state index in [0.29, 0.717) is 21.5 Å². The average molecular weight is 482 g/mol. The number of hydrogen-bond acceptors (Lipinski definition) is 6. The van der Waals surface area contributed by atoms with Gasteiger partial charge in [0.05, 0.1) is 30.5 Å². The van der Waals surface area contributed by atoms with Crippen LogP contribution < -0.4 is 15.4 Å². The van der Waals surface area contributed by atoms with E-state index in [1.165, 1.54) is 35.2 Å². The highest BCUT2D eigenvalue weighted by Gasteiger charge is 2.30. The first-order chi connectivity index (χ1) is 15.2. The summed E-state index contributed by atoms with van der Waals surface area (Å²) >= 11 is 2.55. The standard InChI is InChI=1S/C21H18F3N3O3S2/c1-30-17-8-6-15(7-9-17)26-19(29)12-32-20-27-16(11-31-20)10-18(28)25-14-4-2-13(3-5-14)21(22,23)24/h2-9,11H,10,12H2,1H3,(H,25,28)(H,26,29). The number of ether oxygens (including phenoxy) is 1. The Labute approximate surface area is 190 Å². The monoisotopic (exact) mass is 481 g/mol. The first-order valence-electron chi connectivity index (χ1n) is 9.21. The Bertz CT molecular complexity index is 1070. The molecule has 3 aromatic rings. The molecule has 0 aliphatic heterocycles. The molecule has 0 fully saturated rings. The minimum Gasteiger partial charge on any atom is -0.497 e. The molecular formula is C21H18F3N3O3S2. The van der Waals surface area contributed by atoms with Gasteiger partial charge in [-0.1, -0.05) is 11.8 Å². The molecule has 3 rings (SSSR count). The van der Waals surface area contributed by atoms with Crippen LogP contribution in [0.15, 0.2) is 58.3 Å². The maximum atomic E-state index is 12.6. The van der Waals surface area contributed by atoms with Crippen molar-refractivity contribution in [2.75, 3.05) is 23.5 Å². The smallest absolute Gasteiger partial charge is 0.416 e. The van der Waals surface area contributed by atoms with Crippen molar-refractivity contribution < 1.29 is 27.5 Å². The van der Waals surface area contributed by atoms with Crippen LogP contribution >= 0.6 is 23.1 Å². The zero-order valence-electron chi connectivity index (χ0n) is 16.7. The topological polar surface area (TPSA) is 80.3 Å². The number of rotatable bonds is 8. The number of aromatic nitrogens is 1. The highest BCUT2D eigenvalue weighted by molar-refractivity contribution is 8.01. The molecule has 168 valence electrons. The molecule has 2 N–H and O–H groups in total. The Balaban J connectivity index is 1.45. The molecule has 0 saturated heterocycles. The fourth-order valence-corrected chi connectivity index (χ4v) is 4.19. The van der Waals surface area contributed by atoms with Gasteiger partial charge in [0.25, 0.3) is 0 Å². The van der Waals surface area contributed by atoms with E-state index < -0.39 is 17.6 Å². The predicted molar refractivity (Wildman–Crippen MR) is 118 cm³/mol. The van der Waals surface area contributed by atoms with Crippen molar-refractivity contribution in [2.24, 2.45) is 0 Å². The molecule has 0 saturated carbocycles. The Hall–Kier alpha value is -3.05. The SMILES string of the molecule is COc1ccc(NC(=O)CSc2nc(CC(=O)Nc3ccc(C(F)(F)F)cc3)cs2)cc1. The summed E-state index contributed by atoms with van der Waals surface area (Å²) < 4.78 is 43.5. The van der Waals surface area contributed by atoms with Crippen molar-refractivity contribution in [3.63, 3.8) is 0 Å². The van der Waals surface area contributed by atoms with E-state index >= 15 is 0 Å². The molecule has 32 heavy (non-hydrogen) atoms. The third-order valence-electron chi connectivity index (χ3n) is 4.07. The first-order valence-corrected chi connectivity index (χ1v) is 11.1. The largest absolute Gasteiger partial charge is 0.497 e. The number of benzene rings is 2. The molecule has 2 aromatic carbocycles. The molecule has 0 radical (unpaired) electrons. The number of carbonyl (C=O) groups is 2. The summed E-state index contributed by atoms with van der Waals surface area (Å²) in [5, 5.41) is 7.02. The van der Waals surface area contributed by atoms with Gasteiger partial charge < -0.3 is 15.4 Å². The lowest BCUT2D eigenvalue weighted by atomic mass is 10.2. The van der Waals surface area contributed by atoms with E-state index in [1.54, 1.807) is 36.8 Å². The zero-order valence-corrected chi connectivity index (χ0v) is 18.4. The number of halogens is 3. The van der Waals surface area contributed by atoms with Gasteiger partial charge in [0.2, 0.25) is 11.8 Å². The van der Waals surface area contributed by atoms with Crippen LogP contribution in [0.3, 0.4) is 0 Å². The van der Waals surface area contributed by atoms with Gasteiger partial charge >= 0.3 is 6.18 Å². The molecule has 11 heteroatoms. The second-order valence-corrected chi connectivity index (χ2v) is 8.55. The number of hydrogen-bond donors (Lipinski definition) is 2.